The van der Waals surface area contributed by atoms with Gasteiger partial charge in [-0.15, -0.1) is 0 Å². The van der Waals surface area contributed by atoms with Crippen LogP contribution < -0.4 is 0 Å². The number of carbonyl (C=O) groups is 1. The van der Waals surface area contributed by atoms with Gasteiger partial charge in [-0.25, -0.2) is 0 Å². The summed E-state index contributed by atoms with van der Waals surface area (Å²) in [6.45, 7) is 18.0. The van der Waals surface area contributed by atoms with Crippen molar-refractivity contribution in [2.24, 2.45) is 11.3 Å². The van der Waals surface area contributed by atoms with Gasteiger partial charge < -0.3 is 4.43 Å². The van der Waals surface area contributed by atoms with Gasteiger partial charge in [-0.1, -0.05) is 41.5 Å². The molecule has 112 valence electrons. The Hall–Kier alpha value is -0.153. The first-order valence-corrected chi connectivity index (χ1v) is 10.5. The van der Waals surface area contributed by atoms with E-state index in [0.717, 1.165) is 12.8 Å². The fourth-order valence-corrected chi connectivity index (χ4v) is 3.71. The third-order valence-electron chi connectivity index (χ3n) is 5.06. The maximum atomic E-state index is 12.2. The van der Waals surface area contributed by atoms with Gasteiger partial charge in [0, 0.05) is 6.42 Å². The standard InChI is InChI=1S/C16H32O2Si/c1-15(2,3)12-9-10-13(17)14(11-12)18-19(7,8)16(4,5)6/h12,14H,9-11H2,1-8H3/t12-,14-/m0/s1. The van der Waals surface area contributed by atoms with Crippen LogP contribution >= 0.6 is 0 Å². The molecule has 1 fully saturated rings. The number of rotatable bonds is 2. The molecule has 0 aromatic carbocycles. The van der Waals surface area contributed by atoms with E-state index in [4.69, 9.17) is 4.43 Å². The normalized spacial score (nSPS) is 26.6. The zero-order valence-corrected chi connectivity index (χ0v) is 15.1. The number of carbonyl (C=O) groups excluding carboxylic acids is 1. The van der Waals surface area contributed by atoms with Gasteiger partial charge in [-0.2, -0.15) is 0 Å². The SMILES string of the molecule is CC(C)(C)[C@H]1CCC(=O)[C@@H](O[Si](C)(C)C(C)(C)C)C1. The van der Waals surface area contributed by atoms with Crippen molar-refractivity contribution in [2.75, 3.05) is 0 Å². The van der Waals surface area contributed by atoms with Crippen molar-refractivity contribution < 1.29 is 9.22 Å². The molecule has 2 atom stereocenters. The Morgan fingerprint density at radius 1 is 1.11 bits per heavy atom. The highest BCUT2D eigenvalue weighted by atomic mass is 28.4. The Bertz CT molecular complexity index is 334. The molecule has 0 unspecified atom stereocenters. The van der Waals surface area contributed by atoms with Gasteiger partial charge in [0.1, 0.15) is 6.10 Å². The van der Waals surface area contributed by atoms with E-state index in [9.17, 15) is 4.79 Å². The Morgan fingerprint density at radius 2 is 1.63 bits per heavy atom. The largest absolute Gasteiger partial charge is 0.407 e. The molecule has 0 aromatic heterocycles. The molecule has 0 aliphatic heterocycles. The summed E-state index contributed by atoms with van der Waals surface area (Å²) in [5.41, 5.74) is 0.274. The van der Waals surface area contributed by atoms with Crippen LogP contribution in [0.3, 0.4) is 0 Å². The van der Waals surface area contributed by atoms with Crippen molar-refractivity contribution in [3.05, 3.63) is 0 Å². The molecule has 1 saturated carbocycles. The highest BCUT2D eigenvalue weighted by Crippen LogP contribution is 2.42. The maximum Gasteiger partial charge on any atom is 0.193 e. The van der Waals surface area contributed by atoms with Crippen LogP contribution in [0.25, 0.3) is 0 Å². The third-order valence-corrected chi connectivity index (χ3v) is 9.55. The molecule has 0 radical (unpaired) electrons. The average molecular weight is 285 g/mol. The zero-order chi connectivity index (χ0) is 15.1. The summed E-state index contributed by atoms with van der Waals surface area (Å²) in [5.74, 6) is 0.922. The van der Waals surface area contributed by atoms with Gasteiger partial charge in [0.25, 0.3) is 0 Å². The predicted molar refractivity (Wildman–Crippen MR) is 83.9 cm³/mol. The van der Waals surface area contributed by atoms with E-state index in [2.05, 4.69) is 54.6 Å². The zero-order valence-electron chi connectivity index (χ0n) is 14.1. The van der Waals surface area contributed by atoms with Crippen LogP contribution in [0.2, 0.25) is 18.1 Å². The number of ketones is 1. The highest BCUT2D eigenvalue weighted by Gasteiger charge is 2.43. The van der Waals surface area contributed by atoms with E-state index in [1.165, 1.54) is 0 Å². The van der Waals surface area contributed by atoms with Gasteiger partial charge in [0.05, 0.1) is 0 Å². The Kier molecular flexibility index (Phi) is 4.73. The van der Waals surface area contributed by atoms with Crippen LogP contribution in [0.4, 0.5) is 0 Å². The molecule has 1 aliphatic carbocycles. The minimum absolute atomic E-state index is 0.154. The van der Waals surface area contributed by atoms with Gasteiger partial charge >= 0.3 is 0 Å². The maximum absolute atomic E-state index is 12.2. The molecule has 0 heterocycles. The van der Waals surface area contributed by atoms with Gasteiger partial charge in [0.15, 0.2) is 14.1 Å². The van der Waals surface area contributed by atoms with Crippen molar-refractivity contribution in [2.45, 2.75) is 85.0 Å². The van der Waals surface area contributed by atoms with E-state index in [1.54, 1.807) is 0 Å². The van der Waals surface area contributed by atoms with E-state index in [0.29, 0.717) is 18.1 Å². The lowest BCUT2D eigenvalue weighted by molar-refractivity contribution is -0.130. The number of hydrogen-bond donors (Lipinski definition) is 0. The first kappa shape index (κ1) is 16.9. The summed E-state index contributed by atoms with van der Waals surface area (Å²) >= 11 is 0. The van der Waals surface area contributed by atoms with E-state index in [-0.39, 0.29) is 16.6 Å². The molecule has 1 rings (SSSR count). The van der Waals surface area contributed by atoms with Crippen LogP contribution in [0.1, 0.15) is 60.8 Å². The van der Waals surface area contributed by atoms with Crippen LogP contribution in [-0.4, -0.2) is 20.2 Å². The second-order valence-corrected chi connectivity index (χ2v) is 13.4. The topological polar surface area (TPSA) is 26.3 Å². The smallest absolute Gasteiger partial charge is 0.193 e. The number of Topliss-reactive ketones (excluding diaryl/α,β-unsaturated/α-hetero) is 1. The molecule has 1 aliphatic rings. The third kappa shape index (κ3) is 4.15. The first-order valence-electron chi connectivity index (χ1n) is 7.55. The summed E-state index contributed by atoms with van der Waals surface area (Å²) in [6.07, 6.45) is 2.48. The summed E-state index contributed by atoms with van der Waals surface area (Å²) in [5, 5.41) is 0.169. The Labute approximate surface area is 120 Å². The van der Waals surface area contributed by atoms with Crippen molar-refractivity contribution in [1.29, 1.82) is 0 Å². The van der Waals surface area contributed by atoms with Crippen molar-refractivity contribution in [1.82, 2.24) is 0 Å². The number of hydrogen-bond acceptors (Lipinski definition) is 2. The molecule has 0 spiro atoms. The van der Waals surface area contributed by atoms with Gasteiger partial charge in [-0.05, 0) is 42.3 Å². The molecule has 3 heteroatoms. The lowest BCUT2D eigenvalue weighted by Crippen LogP contribution is -2.48. The van der Waals surface area contributed by atoms with Crippen molar-refractivity contribution >= 4 is 14.1 Å². The molecule has 19 heavy (non-hydrogen) atoms. The summed E-state index contributed by atoms with van der Waals surface area (Å²) in [4.78, 5) is 12.2. The highest BCUT2D eigenvalue weighted by molar-refractivity contribution is 6.74. The fraction of sp³-hybridized carbons (Fsp3) is 0.938. The van der Waals surface area contributed by atoms with Crippen LogP contribution in [-0.2, 0) is 9.22 Å². The molecular weight excluding hydrogens is 252 g/mol. The average Bonchev–Trinajstić information content (AvgIpc) is 2.17. The van der Waals surface area contributed by atoms with Crippen LogP contribution in [0.15, 0.2) is 0 Å². The van der Waals surface area contributed by atoms with Crippen molar-refractivity contribution in [3.8, 4) is 0 Å². The predicted octanol–water partition coefficient (Wildman–Crippen LogP) is 4.79. The lowest BCUT2D eigenvalue weighted by Gasteiger charge is -2.43. The monoisotopic (exact) mass is 284 g/mol. The molecule has 0 N–H and O–H groups in total. The molecule has 0 bridgehead atoms. The van der Waals surface area contributed by atoms with Crippen LogP contribution in [0.5, 0.6) is 0 Å². The van der Waals surface area contributed by atoms with Crippen molar-refractivity contribution in [3.63, 3.8) is 0 Å². The van der Waals surface area contributed by atoms with Gasteiger partial charge in [-0.3, -0.25) is 4.79 Å². The summed E-state index contributed by atoms with van der Waals surface area (Å²) < 4.78 is 6.37. The fourth-order valence-electron chi connectivity index (χ4n) is 2.42. The van der Waals surface area contributed by atoms with E-state index >= 15 is 0 Å². The summed E-state index contributed by atoms with van der Waals surface area (Å²) in [6, 6.07) is 0. The molecule has 0 saturated heterocycles. The first-order chi connectivity index (χ1) is 8.34. The van der Waals surface area contributed by atoms with Gasteiger partial charge in [0.2, 0.25) is 0 Å². The Balaban J connectivity index is 2.79. The molecular formula is C16H32O2Si. The summed E-state index contributed by atoms with van der Waals surface area (Å²) in [7, 11) is -1.84. The second kappa shape index (κ2) is 5.32. The quantitative estimate of drug-likeness (QED) is 0.681. The minimum Gasteiger partial charge on any atom is -0.407 e. The Morgan fingerprint density at radius 3 is 2.05 bits per heavy atom. The molecule has 0 aromatic rings. The lowest BCUT2D eigenvalue weighted by atomic mass is 9.71. The second-order valence-electron chi connectivity index (χ2n) is 8.67. The van der Waals surface area contributed by atoms with E-state index in [1.807, 2.05) is 0 Å². The van der Waals surface area contributed by atoms with Crippen LogP contribution in [0, 0.1) is 11.3 Å². The molecule has 2 nitrogen and oxygen atoms in total. The minimum atomic E-state index is -1.84. The van der Waals surface area contributed by atoms with E-state index < -0.39 is 8.32 Å². The molecule has 0 amide bonds.